The molecule has 3 rings (SSSR count). The number of aryl methyl sites for hydroxylation is 1. The lowest BCUT2D eigenvalue weighted by atomic mass is 9.71. The Kier molecular flexibility index (Phi) is 6.02. The molecule has 1 aromatic carbocycles. The maximum absolute atomic E-state index is 13.4. The Hall–Kier alpha value is -1.72. The molecule has 0 aliphatic carbocycles. The van der Waals surface area contributed by atoms with Gasteiger partial charge in [-0.3, -0.25) is 9.69 Å². The molecule has 1 spiro atoms. The number of rotatable bonds is 3. The molecule has 2 heterocycles. The Morgan fingerprint density at radius 3 is 2.81 bits per heavy atom. The van der Waals surface area contributed by atoms with Gasteiger partial charge in [0.1, 0.15) is 5.82 Å². The van der Waals surface area contributed by atoms with Crippen LogP contribution >= 0.6 is 0 Å². The third-order valence-corrected chi connectivity index (χ3v) is 6.04. The van der Waals surface area contributed by atoms with E-state index < -0.39 is 0 Å². The van der Waals surface area contributed by atoms with Crippen molar-refractivity contribution >= 4 is 5.91 Å². The van der Waals surface area contributed by atoms with Gasteiger partial charge in [-0.1, -0.05) is 11.6 Å². The monoisotopic (exact) mass is 374 g/mol. The molecule has 0 radical (unpaired) electrons. The van der Waals surface area contributed by atoms with Gasteiger partial charge in [0.2, 0.25) is 0 Å². The molecule has 2 aliphatic heterocycles. The second kappa shape index (κ2) is 8.11. The maximum atomic E-state index is 13.4. The highest BCUT2D eigenvalue weighted by Gasteiger charge is 2.46. The van der Waals surface area contributed by atoms with Crippen molar-refractivity contribution in [2.45, 2.75) is 46.1 Å². The normalized spacial score (nSPS) is 26.3. The first-order valence-electron chi connectivity index (χ1n) is 9.90. The highest BCUT2D eigenvalue weighted by molar-refractivity contribution is 5.95. The van der Waals surface area contributed by atoms with Crippen molar-refractivity contribution in [2.75, 3.05) is 32.7 Å². The van der Waals surface area contributed by atoms with E-state index in [4.69, 9.17) is 0 Å². The number of likely N-dealkylation sites (tertiary alicyclic amines) is 2. The van der Waals surface area contributed by atoms with E-state index in [9.17, 15) is 14.3 Å². The number of allylic oxidation sites excluding steroid dienone is 1. The van der Waals surface area contributed by atoms with E-state index in [0.717, 1.165) is 38.9 Å². The zero-order valence-electron chi connectivity index (χ0n) is 16.7. The van der Waals surface area contributed by atoms with E-state index in [1.54, 1.807) is 13.0 Å². The van der Waals surface area contributed by atoms with Gasteiger partial charge in [0.25, 0.3) is 5.91 Å². The van der Waals surface area contributed by atoms with Crippen molar-refractivity contribution < 1.29 is 14.3 Å². The number of aliphatic hydroxyl groups is 1. The minimum absolute atomic E-state index is 0.0554. The second-order valence-electron chi connectivity index (χ2n) is 8.47. The molecule has 1 aromatic rings. The van der Waals surface area contributed by atoms with Crippen LogP contribution in [0.25, 0.3) is 0 Å². The fourth-order valence-electron chi connectivity index (χ4n) is 4.48. The zero-order chi connectivity index (χ0) is 19.6. The SMILES string of the molecule is CC(C)=CCN1CC[C@@H](O)[C@]2(CCCN(C(=O)c3ccc(F)cc3C)C2)C1. The Bertz CT molecular complexity index is 729. The van der Waals surface area contributed by atoms with Crippen LogP contribution in [0.2, 0.25) is 0 Å². The standard InChI is InChI=1S/C22H31FN2O2/c1-16(2)7-11-24-12-8-20(26)22(14-24)9-4-10-25(15-22)21(27)19-6-5-18(23)13-17(19)3/h5-7,13,20,26H,4,8-12,14-15H2,1-3H3/t20-,22-/m1/s1. The second-order valence-corrected chi connectivity index (χ2v) is 8.47. The number of benzene rings is 1. The van der Waals surface area contributed by atoms with Gasteiger partial charge in [-0.2, -0.15) is 0 Å². The van der Waals surface area contributed by atoms with Crippen LogP contribution in [-0.2, 0) is 0 Å². The fourth-order valence-corrected chi connectivity index (χ4v) is 4.48. The van der Waals surface area contributed by atoms with Crippen LogP contribution < -0.4 is 0 Å². The molecule has 1 N–H and O–H groups in total. The average molecular weight is 375 g/mol. The molecule has 0 bridgehead atoms. The van der Waals surface area contributed by atoms with Crippen LogP contribution in [0, 0.1) is 18.2 Å². The van der Waals surface area contributed by atoms with E-state index in [2.05, 4.69) is 24.8 Å². The van der Waals surface area contributed by atoms with Crippen molar-refractivity contribution in [2.24, 2.45) is 5.41 Å². The first-order valence-corrected chi connectivity index (χ1v) is 9.90. The predicted molar refractivity (Wildman–Crippen MR) is 105 cm³/mol. The van der Waals surface area contributed by atoms with Gasteiger partial charge in [0.05, 0.1) is 6.10 Å². The van der Waals surface area contributed by atoms with Gasteiger partial charge in [-0.05, 0) is 63.8 Å². The topological polar surface area (TPSA) is 43.8 Å². The van der Waals surface area contributed by atoms with E-state index in [1.165, 1.54) is 17.7 Å². The van der Waals surface area contributed by atoms with Crippen LogP contribution in [0.15, 0.2) is 29.8 Å². The van der Waals surface area contributed by atoms with Gasteiger partial charge in [-0.25, -0.2) is 4.39 Å². The summed E-state index contributed by atoms with van der Waals surface area (Å²) in [6.45, 7) is 9.81. The molecule has 2 saturated heterocycles. The van der Waals surface area contributed by atoms with Crippen LogP contribution in [0.3, 0.4) is 0 Å². The summed E-state index contributed by atoms with van der Waals surface area (Å²) in [5.41, 5.74) is 2.24. The number of halogens is 1. The molecule has 2 atom stereocenters. The lowest BCUT2D eigenvalue weighted by Gasteiger charge is -2.51. The quantitative estimate of drug-likeness (QED) is 0.825. The van der Waals surface area contributed by atoms with Crippen LogP contribution in [0.1, 0.15) is 49.0 Å². The smallest absolute Gasteiger partial charge is 0.254 e. The summed E-state index contributed by atoms with van der Waals surface area (Å²) >= 11 is 0. The Labute approximate surface area is 161 Å². The highest BCUT2D eigenvalue weighted by atomic mass is 19.1. The number of hydrogen-bond acceptors (Lipinski definition) is 3. The molecular weight excluding hydrogens is 343 g/mol. The molecule has 1 amide bonds. The van der Waals surface area contributed by atoms with Crippen molar-refractivity contribution in [3.05, 3.63) is 46.8 Å². The van der Waals surface area contributed by atoms with Gasteiger partial charge >= 0.3 is 0 Å². The third kappa shape index (κ3) is 4.41. The molecule has 4 nitrogen and oxygen atoms in total. The number of hydrogen-bond donors (Lipinski definition) is 1. The van der Waals surface area contributed by atoms with Crippen molar-refractivity contribution in [3.63, 3.8) is 0 Å². The summed E-state index contributed by atoms with van der Waals surface area (Å²) in [7, 11) is 0. The predicted octanol–water partition coefficient (Wildman–Crippen LogP) is 3.39. The van der Waals surface area contributed by atoms with E-state index >= 15 is 0 Å². The number of aliphatic hydroxyl groups excluding tert-OH is 1. The average Bonchev–Trinajstić information content (AvgIpc) is 2.62. The minimum Gasteiger partial charge on any atom is -0.392 e. The van der Waals surface area contributed by atoms with Gasteiger partial charge in [0, 0.05) is 43.7 Å². The summed E-state index contributed by atoms with van der Waals surface area (Å²) in [5.74, 6) is -0.378. The number of carbonyl (C=O) groups is 1. The lowest BCUT2D eigenvalue weighted by molar-refractivity contribution is -0.0762. The zero-order valence-corrected chi connectivity index (χ0v) is 16.7. The molecule has 148 valence electrons. The fraction of sp³-hybridized carbons (Fsp3) is 0.591. The number of carbonyl (C=O) groups excluding carboxylic acids is 1. The van der Waals surface area contributed by atoms with Crippen LogP contribution in [0.5, 0.6) is 0 Å². The summed E-state index contributed by atoms with van der Waals surface area (Å²) in [5, 5.41) is 10.8. The van der Waals surface area contributed by atoms with E-state index in [0.29, 0.717) is 24.2 Å². The van der Waals surface area contributed by atoms with Crippen molar-refractivity contribution in [3.8, 4) is 0 Å². The molecular formula is C22H31FN2O2. The summed E-state index contributed by atoms with van der Waals surface area (Å²) in [4.78, 5) is 17.3. The molecule has 2 fully saturated rings. The van der Waals surface area contributed by atoms with Gasteiger partial charge in [0.15, 0.2) is 0 Å². The first kappa shape index (κ1) is 20.0. The summed E-state index contributed by atoms with van der Waals surface area (Å²) < 4.78 is 13.4. The maximum Gasteiger partial charge on any atom is 0.254 e. The molecule has 2 aliphatic rings. The van der Waals surface area contributed by atoms with Crippen molar-refractivity contribution in [1.29, 1.82) is 0 Å². The molecule has 5 heteroatoms. The van der Waals surface area contributed by atoms with Crippen molar-refractivity contribution in [1.82, 2.24) is 9.80 Å². The van der Waals surface area contributed by atoms with Crippen LogP contribution in [-0.4, -0.2) is 59.6 Å². The lowest BCUT2D eigenvalue weighted by Crippen LogP contribution is -2.59. The Morgan fingerprint density at radius 1 is 1.33 bits per heavy atom. The molecule has 0 aromatic heterocycles. The van der Waals surface area contributed by atoms with Gasteiger partial charge in [-0.15, -0.1) is 0 Å². The van der Waals surface area contributed by atoms with E-state index in [-0.39, 0.29) is 23.2 Å². The molecule has 0 saturated carbocycles. The molecule has 0 unspecified atom stereocenters. The van der Waals surface area contributed by atoms with Gasteiger partial charge < -0.3 is 10.0 Å². The number of amides is 1. The van der Waals surface area contributed by atoms with E-state index in [1.807, 2.05) is 4.90 Å². The largest absolute Gasteiger partial charge is 0.392 e. The molecule has 27 heavy (non-hydrogen) atoms. The summed E-state index contributed by atoms with van der Waals surface area (Å²) in [6.07, 6.45) is 4.41. The first-order chi connectivity index (χ1) is 12.8. The Morgan fingerprint density at radius 2 is 2.11 bits per heavy atom. The highest BCUT2D eigenvalue weighted by Crippen LogP contribution is 2.39. The number of nitrogens with zero attached hydrogens (tertiary/aromatic N) is 2. The summed E-state index contributed by atoms with van der Waals surface area (Å²) in [6, 6.07) is 4.33. The number of piperidine rings is 2. The third-order valence-electron chi connectivity index (χ3n) is 6.04. The minimum atomic E-state index is -0.384. The van der Waals surface area contributed by atoms with Crippen LogP contribution in [0.4, 0.5) is 4.39 Å². The Balaban J connectivity index is 1.77.